The van der Waals surface area contributed by atoms with Gasteiger partial charge in [-0.25, -0.2) is 4.79 Å². The highest BCUT2D eigenvalue weighted by Gasteiger charge is 2.45. The van der Waals surface area contributed by atoms with Crippen LogP contribution in [0.1, 0.15) is 32.6 Å². The Labute approximate surface area is 123 Å². The first-order valence-corrected chi connectivity index (χ1v) is 7.21. The number of allylic oxidation sites excluding steroid dienone is 1. The number of rotatable bonds is 6. The maximum Gasteiger partial charge on any atom is 0.332 e. The van der Waals surface area contributed by atoms with Gasteiger partial charge in [0.15, 0.2) is 6.61 Å². The second kappa shape index (κ2) is 6.94. The molecule has 1 fully saturated rings. The van der Waals surface area contributed by atoms with Gasteiger partial charge in [-0.2, -0.15) is 0 Å². The van der Waals surface area contributed by atoms with Crippen LogP contribution in [-0.2, 0) is 9.63 Å². The van der Waals surface area contributed by atoms with Gasteiger partial charge in [0.1, 0.15) is 6.10 Å². The number of carbonyl (C=O) groups is 1. The predicted molar refractivity (Wildman–Crippen MR) is 74.7 cm³/mol. The van der Waals surface area contributed by atoms with E-state index >= 15 is 0 Å². The molecule has 1 saturated carbocycles. The number of aliphatic carboxylic acids is 1. The number of aliphatic hydroxyl groups is 2. The van der Waals surface area contributed by atoms with Crippen LogP contribution >= 0.6 is 0 Å². The van der Waals surface area contributed by atoms with E-state index in [1.807, 2.05) is 6.92 Å². The maximum absolute atomic E-state index is 10.4. The second-order valence-corrected chi connectivity index (χ2v) is 5.49. The summed E-state index contributed by atoms with van der Waals surface area (Å²) in [5.74, 6) is 4.79. The lowest BCUT2D eigenvalue weighted by atomic mass is 9.79. The number of carboxylic acid groups (broad SMARTS) is 1. The molecule has 2 aliphatic carbocycles. The van der Waals surface area contributed by atoms with Gasteiger partial charge in [-0.05, 0) is 24.8 Å². The van der Waals surface area contributed by atoms with E-state index in [2.05, 4.69) is 17.3 Å². The number of hydrogen-bond acceptors (Lipinski definition) is 5. The van der Waals surface area contributed by atoms with Gasteiger partial charge in [0.2, 0.25) is 0 Å². The van der Waals surface area contributed by atoms with E-state index in [1.54, 1.807) is 0 Å². The zero-order valence-electron chi connectivity index (χ0n) is 12.0. The van der Waals surface area contributed by atoms with E-state index in [9.17, 15) is 15.0 Å². The van der Waals surface area contributed by atoms with E-state index in [0.29, 0.717) is 19.3 Å². The molecule has 0 aromatic heterocycles. The number of carboxylic acids is 1. The largest absolute Gasteiger partial charge is 0.479 e. The Morgan fingerprint density at radius 1 is 1.52 bits per heavy atom. The van der Waals surface area contributed by atoms with Gasteiger partial charge < -0.3 is 15.3 Å². The molecule has 0 aromatic carbocycles. The van der Waals surface area contributed by atoms with Crippen LogP contribution in [0.5, 0.6) is 0 Å². The lowest BCUT2D eigenvalue weighted by molar-refractivity contribution is -0.144. The van der Waals surface area contributed by atoms with Crippen LogP contribution < -0.4 is 5.48 Å². The summed E-state index contributed by atoms with van der Waals surface area (Å²) in [5.41, 5.74) is 4.54. The van der Waals surface area contributed by atoms with Crippen molar-refractivity contribution < 1.29 is 25.0 Å². The van der Waals surface area contributed by atoms with Crippen molar-refractivity contribution in [1.29, 1.82) is 0 Å². The van der Waals surface area contributed by atoms with Crippen LogP contribution in [0.4, 0.5) is 0 Å². The molecule has 21 heavy (non-hydrogen) atoms. The first kappa shape index (κ1) is 15.8. The van der Waals surface area contributed by atoms with Crippen molar-refractivity contribution in [2.45, 2.75) is 44.8 Å². The van der Waals surface area contributed by atoms with Crippen LogP contribution in [0, 0.1) is 23.7 Å². The lowest BCUT2D eigenvalue weighted by Crippen LogP contribution is -2.30. The Morgan fingerprint density at radius 3 is 2.95 bits per heavy atom. The molecule has 6 nitrogen and oxygen atoms in total. The van der Waals surface area contributed by atoms with Gasteiger partial charge in [-0.15, -0.1) is 0 Å². The van der Waals surface area contributed by atoms with Gasteiger partial charge in [0, 0.05) is 11.6 Å². The molecular formula is C15H21NO5. The highest BCUT2D eigenvalue weighted by molar-refractivity contribution is 5.67. The average molecular weight is 295 g/mol. The fraction of sp³-hybridized carbons (Fsp3) is 0.667. The van der Waals surface area contributed by atoms with E-state index in [0.717, 1.165) is 17.7 Å². The van der Waals surface area contributed by atoms with Gasteiger partial charge in [-0.3, -0.25) is 10.3 Å². The fourth-order valence-electron chi connectivity index (χ4n) is 2.83. The molecule has 0 aromatic rings. The molecule has 0 heterocycles. The topological polar surface area (TPSA) is 99.0 Å². The van der Waals surface area contributed by atoms with Gasteiger partial charge >= 0.3 is 5.97 Å². The van der Waals surface area contributed by atoms with Crippen LogP contribution in [0.15, 0.2) is 11.3 Å². The standard InChI is InChI=1S/C15H21NO5/c1-2-3-9(17)4-5-10-11-6-13(12(11)7-14(10)18)16-21-8-15(19)20/h9-11,14,16-18H,2-3,6-8H2,1H3,(H,19,20). The highest BCUT2D eigenvalue weighted by atomic mass is 16.7. The summed E-state index contributed by atoms with van der Waals surface area (Å²) in [4.78, 5) is 15.2. The third-order valence-corrected chi connectivity index (χ3v) is 3.91. The number of aliphatic hydroxyl groups excluding tert-OH is 2. The van der Waals surface area contributed by atoms with E-state index in [4.69, 9.17) is 9.94 Å². The quantitative estimate of drug-likeness (QED) is 0.418. The molecular weight excluding hydrogens is 274 g/mol. The van der Waals surface area contributed by atoms with Gasteiger partial charge in [0.25, 0.3) is 0 Å². The van der Waals surface area contributed by atoms with Crippen LogP contribution in [0.25, 0.3) is 0 Å². The van der Waals surface area contributed by atoms with Crippen molar-refractivity contribution in [2.75, 3.05) is 6.61 Å². The Morgan fingerprint density at radius 2 is 2.29 bits per heavy atom. The summed E-state index contributed by atoms with van der Waals surface area (Å²) in [6.45, 7) is 1.58. The summed E-state index contributed by atoms with van der Waals surface area (Å²) in [5, 5.41) is 28.2. The third-order valence-electron chi connectivity index (χ3n) is 3.91. The Kier molecular flexibility index (Phi) is 5.23. The Balaban J connectivity index is 1.91. The minimum atomic E-state index is -1.04. The molecule has 116 valence electrons. The van der Waals surface area contributed by atoms with E-state index in [-0.39, 0.29) is 11.8 Å². The molecule has 2 aliphatic rings. The summed E-state index contributed by atoms with van der Waals surface area (Å²) >= 11 is 0. The summed E-state index contributed by atoms with van der Waals surface area (Å²) in [7, 11) is 0. The molecule has 0 amide bonds. The van der Waals surface area contributed by atoms with Gasteiger partial charge in [0.05, 0.1) is 12.0 Å². The van der Waals surface area contributed by atoms with Crippen molar-refractivity contribution in [3.05, 3.63) is 11.3 Å². The van der Waals surface area contributed by atoms with Crippen LogP contribution in [-0.4, -0.2) is 40.1 Å². The highest BCUT2D eigenvalue weighted by Crippen LogP contribution is 2.48. The normalized spacial score (nSPS) is 28.2. The number of fused-ring (bicyclic) bond motifs is 1. The van der Waals surface area contributed by atoms with Crippen LogP contribution in [0.2, 0.25) is 0 Å². The molecule has 0 aliphatic heterocycles. The summed E-state index contributed by atoms with van der Waals surface area (Å²) in [6, 6.07) is 0. The molecule has 0 spiro atoms. The monoisotopic (exact) mass is 295 g/mol. The number of hydrogen-bond donors (Lipinski definition) is 4. The summed E-state index contributed by atoms with van der Waals surface area (Å²) in [6.07, 6.45) is 1.55. The predicted octanol–water partition coefficient (Wildman–Crippen LogP) is 0.411. The Bertz CT molecular complexity index is 490. The smallest absolute Gasteiger partial charge is 0.332 e. The van der Waals surface area contributed by atoms with Crippen LogP contribution in [0.3, 0.4) is 0 Å². The first-order valence-electron chi connectivity index (χ1n) is 7.21. The molecule has 0 bridgehead atoms. The molecule has 4 N–H and O–H groups in total. The lowest BCUT2D eigenvalue weighted by Gasteiger charge is -2.30. The number of hydroxylamine groups is 1. The first-order chi connectivity index (χ1) is 10.0. The van der Waals surface area contributed by atoms with Crippen molar-refractivity contribution in [2.24, 2.45) is 11.8 Å². The molecule has 0 saturated heterocycles. The Hall–Kier alpha value is -1.55. The SMILES string of the molecule is CCCC(O)C#CC1C(O)CC2=C(NOCC(=O)O)CC21. The molecule has 4 atom stereocenters. The minimum absolute atomic E-state index is 0.156. The van der Waals surface area contributed by atoms with E-state index < -0.39 is 24.8 Å². The molecule has 0 radical (unpaired) electrons. The van der Waals surface area contributed by atoms with Crippen molar-refractivity contribution >= 4 is 5.97 Å². The van der Waals surface area contributed by atoms with Crippen molar-refractivity contribution in [3.8, 4) is 11.8 Å². The van der Waals surface area contributed by atoms with Crippen molar-refractivity contribution in [3.63, 3.8) is 0 Å². The third kappa shape index (κ3) is 3.76. The van der Waals surface area contributed by atoms with Gasteiger partial charge in [-0.1, -0.05) is 25.2 Å². The fourth-order valence-corrected chi connectivity index (χ4v) is 2.83. The number of nitrogens with one attached hydrogen (secondary N) is 1. The average Bonchev–Trinajstić information content (AvgIpc) is 2.65. The van der Waals surface area contributed by atoms with Crippen molar-refractivity contribution in [1.82, 2.24) is 5.48 Å². The molecule has 6 heteroatoms. The zero-order chi connectivity index (χ0) is 15.4. The molecule has 2 rings (SSSR count). The molecule has 4 unspecified atom stereocenters. The summed E-state index contributed by atoms with van der Waals surface area (Å²) < 4.78 is 0. The minimum Gasteiger partial charge on any atom is -0.479 e. The van der Waals surface area contributed by atoms with E-state index in [1.165, 1.54) is 0 Å². The zero-order valence-corrected chi connectivity index (χ0v) is 12.0. The maximum atomic E-state index is 10.4. The second-order valence-electron chi connectivity index (χ2n) is 5.49.